The number of halogens is 2. The molecule has 4 rings (SSSR count). The molecule has 1 aromatic carbocycles. The molecule has 3 heterocycles. The van der Waals surface area contributed by atoms with E-state index in [2.05, 4.69) is 4.98 Å². The van der Waals surface area contributed by atoms with Gasteiger partial charge in [-0.3, -0.25) is 14.6 Å². The molecule has 7 heteroatoms. The zero-order valence-corrected chi connectivity index (χ0v) is 16.1. The highest BCUT2D eigenvalue weighted by Crippen LogP contribution is 2.34. The molecule has 2 aromatic rings. The van der Waals surface area contributed by atoms with E-state index in [1.165, 1.54) is 11.0 Å². The van der Waals surface area contributed by atoms with Gasteiger partial charge in [-0.2, -0.15) is 0 Å². The van der Waals surface area contributed by atoms with Crippen LogP contribution in [0.15, 0.2) is 42.7 Å². The van der Waals surface area contributed by atoms with Crippen molar-refractivity contribution in [2.24, 2.45) is 5.92 Å². The molecule has 0 spiro atoms. The summed E-state index contributed by atoms with van der Waals surface area (Å²) in [4.78, 5) is 33.1. The molecular weight excluding hydrogens is 376 g/mol. The van der Waals surface area contributed by atoms with Crippen molar-refractivity contribution in [3.63, 3.8) is 0 Å². The lowest BCUT2D eigenvalue weighted by atomic mass is 9.99. The van der Waals surface area contributed by atoms with Crippen molar-refractivity contribution >= 4 is 17.5 Å². The molecule has 2 amide bonds. The van der Waals surface area contributed by atoms with Crippen molar-refractivity contribution < 1.29 is 18.4 Å². The molecule has 0 aliphatic carbocycles. The fourth-order valence-electron chi connectivity index (χ4n) is 4.34. The van der Waals surface area contributed by atoms with Crippen LogP contribution in [0.3, 0.4) is 0 Å². The van der Waals surface area contributed by atoms with Gasteiger partial charge in [-0.15, -0.1) is 0 Å². The number of hydrogen-bond acceptors (Lipinski definition) is 3. The van der Waals surface area contributed by atoms with E-state index in [9.17, 15) is 18.4 Å². The highest BCUT2D eigenvalue weighted by atomic mass is 19.1. The summed E-state index contributed by atoms with van der Waals surface area (Å²) in [6.45, 7) is 0.751. The number of rotatable bonds is 3. The number of pyridine rings is 1. The summed E-state index contributed by atoms with van der Waals surface area (Å²) in [7, 11) is 0. The molecule has 0 bridgehead atoms. The van der Waals surface area contributed by atoms with Crippen molar-refractivity contribution in [1.82, 2.24) is 9.88 Å². The van der Waals surface area contributed by atoms with Gasteiger partial charge in [0, 0.05) is 38.0 Å². The standard InChI is InChI=1S/C22H23F2N3O2/c23-17-5-6-20(18(24)13-17)27-14-16(12-21(27)28)22(29)26-11-3-1-2-4-19(26)15-7-9-25-10-8-15/h5-10,13,16,19H,1-4,11-12,14H2. The number of amides is 2. The van der Waals surface area contributed by atoms with Crippen molar-refractivity contribution in [3.05, 3.63) is 59.9 Å². The number of benzene rings is 1. The zero-order valence-electron chi connectivity index (χ0n) is 16.1. The third-order valence-electron chi connectivity index (χ3n) is 5.80. The predicted molar refractivity (Wildman–Crippen MR) is 104 cm³/mol. The van der Waals surface area contributed by atoms with Gasteiger partial charge in [0.25, 0.3) is 0 Å². The smallest absolute Gasteiger partial charge is 0.228 e. The number of carbonyl (C=O) groups is 2. The van der Waals surface area contributed by atoms with E-state index in [4.69, 9.17) is 0 Å². The summed E-state index contributed by atoms with van der Waals surface area (Å²) >= 11 is 0. The Morgan fingerprint density at radius 2 is 1.86 bits per heavy atom. The Kier molecular flexibility index (Phi) is 5.56. The number of hydrogen-bond donors (Lipinski definition) is 0. The van der Waals surface area contributed by atoms with Crippen LogP contribution in [0.25, 0.3) is 0 Å². The van der Waals surface area contributed by atoms with Gasteiger partial charge in [-0.05, 0) is 42.7 Å². The number of carbonyl (C=O) groups excluding carboxylic acids is 2. The largest absolute Gasteiger partial charge is 0.335 e. The Labute approximate surface area is 168 Å². The second kappa shape index (κ2) is 8.27. The Morgan fingerprint density at radius 1 is 1.07 bits per heavy atom. The lowest BCUT2D eigenvalue weighted by Crippen LogP contribution is -2.40. The number of aromatic nitrogens is 1. The van der Waals surface area contributed by atoms with Gasteiger partial charge in [-0.25, -0.2) is 8.78 Å². The van der Waals surface area contributed by atoms with Crippen molar-refractivity contribution in [3.8, 4) is 0 Å². The highest BCUT2D eigenvalue weighted by molar-refractivity contribution is 6.00. The van der Waals surface area contributed by atoms with E-state index < -0.39 is 17.6 Å². The molecule has 0 radical (unpaired) electrons. The van der Waals surface area contributed by atoms with Crippen LogP contribution >= 0.6 is 0 Å². The summed E-state index contributed by atoms with van der Waals surface area (Å²) in [5.74, 6) is -2.42. The van der Waals surface area contributed by atoms with Crippen LogP contribution in [0.2, 0.25) is 0 Å². The van der Waals surface area contributed by atoms with Gasteiger partial charge >= 0.3 is 0 Å². The topological polar surface area (TPSA) is 53.5 Å². The first-order valence-corrected chi connectivity index (χ1v) is 10.0. The highest BCUT2D eigenvalue weighted by Gasteiger charge is 2.40. The maximum atomic E-state index is 14.2. The van der Waals surface area contributed by atoms with Crippen LogP contribution in [-0.4, -0.2) is 34.8 Å². The summed E-state index contributed by atoms with van der Waals surface area (Å²) in [5, 5.41) is 0. The van der Waals surface area contributed by atoms with Crippen molar-refractivity contribution in [1.29, 1.82) is 0 Å². The molecule has 152 valence electrons. The molecule has 1 aromatic heterocycles. The lowest BCUT2D eigenvalue weighted by Gasteiger charge is -2.32. The summed E-state index contributed by atoms with van der Waals surface area (Å²) in [6.07, 6.45) is 7.36. The number of likely N-dealkylation sites (tertiary alicyclic amines) is 1. The van der Waals surface area contributed by atoms with Crippen LogP contribution in [0.4, 0.5) is 14.5 Å². The average Bonchev–Trinajstić information content (AvgIpc) is 2.94. The molecule has 29 heavy (non-hydrogen) atoms. The monoisotopic (exact) mass is 399 g/mol. The Bertz CT molecular complexity index is 906. The third-order valence-corrected chi connectivity index (χ3v) is 5.80. The van der Waals surface area contributed by atoms with Gasteiger partial charge < -0.3 is 9.80 Å². The lowest BCUT2D eigenvalue weighted by molar-refractivity contribution is -0.138. The molecule has 2 atom stereocenters. The van der Waals surface area contributed by atoms with E-state index in [0.29, 0.717) is 6.54 Å². The normalized spacial score (nSPS) is 22.6. The summed E-state index contributed by atoms with van der Waals surface area (Å²) in [6, 6.07) is 6.94. The van der Waals surface area contributed by atoms with Crippen LogP contribution < -0.4 is 4.90 Å². The summed E-state index contributed by atoms with van der Waals surface area (Å²) in [5.41, 5.74) is 1.06. The van der Waals surface area contributed by atoms with Crippen LogP contribution in [-0.2, 0) is 9.59 Å². The summed E-state index contributed by atoms with van der Waals surface area (Å²) < 4.78 is 27.4. The van der Waals surface area contributed by atoms with Gasteiger partial charge in [-0.1, -0.05) is 12.8 Å². The molecule has 2 saturated heterocycles. The maximum Gasteiger partial charge on any atom is 0.228 e. The van der Waals surface area contributed by atoms with Crippen molar-refractivity contribution in [2.75, 3.05) is 18.0 Å². The van der Waals surface area contributed by atoms with Crippen molar-refractivity contribution in [2.45, 2.75) is 38.1 Å². The van der Waals surface area contributed by atoms with E-state index in [1.54, 1.807) is 12.4 Å². The van der Waals surface area contributed by atoms with Crippen LogP contribution in [0.5, 0.6) is 0 Å². The quantitative estimate of drug-likeness (QED) is 0.788. The first-order valence-electron chi connectivity index (χ1n) is 10.0. The molecule has 2 aliphatic rings. The number of nitrogens with zero attached hydrogens (tertiary/aromatic N) is 3. The SMILES string of the molecule is O=C1CC(C(=O)N2CCCCCC2c2ccncc2)CN1c1ccc(F)cc1F. The molecule has 0 N–H and O–H groups in total. The van der Waals surface area contributed by atoms with E-state index >= 15 is 0 Å². The maximum absolute atomic E-state index is 14.2. The Hall–Kier alpha value is -2.83. The molecule has 5 nitrogen and oxygen atoms in total. The minimum atomic E-state index is -0.795. The first-order chi connectivity index (χ1) is 14.0. The fraction of sp³-hybridized carbons (Fsp3) is 0.409. The van der Waals surface area contributed by atoms with E-state index in [-0.39, 0.29) is 36.5 Å². The Balaban J connectivity index is 1.55. The average molecular weight is 399 g/mol. The molecule has 2 unspecified atom stereocenters. The zero-order chi connectivity index (χ0) is 20.4. The number of anilines is 1. The second-order valence-corrected chi connectivity index (χ2v) is 7.68. The van der Waals surface area contributed by atoms with Gasteiger partial charge in [0.2, 0.25) is 11.8 Å². The van der Waals surface area contributed by atoms with Crippen LogP contribution in [0.1, 0.15) is 43.7 Å². The predicted octanol–water partition coefficient (Wildman–Crippen LogP) is 3.86. The Morgan fingerprint density at radius 3 is 2.62 bits per heavy atom. The minimum absolute atomic E-state index is 0.0215. The molecule has 2 fully saturated rings. The third kappa shape index (κ3) is 3.99. The molecule has 0 saturated carbocycles. The molecular formula is C22H23F2N3O2. The first kappa shape index (κ1) is 19.5. The van der Waals surface area contributed by atoms with Gasteiger partial charge in [0.05, 0.1) is 17.6 Å². The van der Waals surface area contributed by atoms with Gasteiger partial charge in [0.15, 0.2) is 0 Å². The fourth-order valence-corrected chi connectivity index (χ4v) is 4.34. The minimum Gasteiger partial charge on any atom is -0.335 e. The van der Waals surface area contributed by atoms with E-state index in [0.717, 1.165) is 43.4 Å². The molecule has 2 aliphatic heterocycles. The van der Waals surface area contributed by atoms with Crippen LogP contribution in [0, 0.1) is 17.6 Å². The van der Waals surface area contributed by atoms with E-state index in [1.807, 2.05) is 17.0 Å². The van der Waals surface area contributed by atoms with Gasteiger partial charge in [0.1, 0.15) is 11.6 Å². The second-order valence-electron chi connectivity index (χ2n) is 7.68.